The molecule has 6 nitrogen and oxygen atoms in total. The molecule has 1 aliphatic heterocycles. The molecule has 0 spiro atoms. The van der Waals surface area contributed by atoms with E-state index in [0.29, 0.717) is 5.92 Å². The van der Waals surface area contributed by atoms with E-state index in [2.05, 4.69) is 20.5 Å². The van der Waals surface area contributed by atoms with Gasteiger partial charge in [-0.15, -0.1) is 0 Å². The smallest absolute Gasteiger partial charge is 0.317 e. The van der Waals surface area contributed by atoms with E-state index < -0.39 is 0 Å². The maximum absolute atomic E-state index is 12.6. The van der Waals surface area contributed by atoms with E-state index in [1.165, 1.54) is 17.5 Å². The standard InChI is InChI=1S/C17H20ClN5O/c18-13-2-3-14-12(9-13)1-4-15(14)21-17(24)23-7-5-11(6-8-23)16-19-10-20-22-16/h2-3,9-11,15H,1,4-8H2,(H,21,24)(H,19,20,22). The lowest BCUT2D eigenvalue weighted by atomic mass is 9.96. The molecule has 0 bridgehead atoms. The summed E-state index contributed by atoms with van der Waals surface area (Å²) in [5, 5.41) is 10.8. The number of aromatic amines is 1. The topological polar surface area (TPSA) is 73.9 Å². The van der Waals surface area contributed by atoms with E-state index >= 15 is 0 Å². The summed E-state index contributed by atoms with van der Waals surface area (Å²) in [7, 11) is 0. The van der Waals surface area contributed by atoms with Gasteiger partial charge in [-0.2, -0.15) is 5.10 Å². The molecule has 1 aromatic heterocycles. The second-order valence-electron chi connectivity index (χ2n) is 6.52. The Hall–Kier alpha value is -2.08. The highest BCUT2D eigenvalue weighted by atomic mass is 35.5. The normalized spacial score (nSPS) is 20.9. The zero-order valence-corrected chi connectivity index (χ0v) is 14.1. The van der Waals surface area contributed by atoms with E-state index in [1.54, 1.807) is 0 Å². The van der Waals surface area contributed by atoms with Crippen LogP contribution in [0.2, 0.25) is 5.02 Å². The maximum Gasteiger partial charge on any atom is 0.317 e. The molecule has 2 aliphatic rings. The highest BCUT2D eigenvalue weighted by molar-refractivity contribution is 6.30. The number of aromatic nitrogens is 3. The summed E-state index contributed by atoms with van der Waals surface area (Å²) in [5.41, 5.74) is 2.45. The van der Waals surface area contributed by atoms with Crippen LogP contribution < -0.4 is 5.32 Å². The van der Waals surface area contributed by atoms with Gasteiger partial charge in [0, 0.05) is 24.0 Å². The van der Waals surface area contributed by atoms with Crippen LogP contribution in [0.25, 0.3) is 0 Å². The Balaban J connectivity index is 1.35. The molecule has 2 aromatic rings. The lowest BCUT2D eigenvalue weighted by Crippen LogP contribution is -2.45. The first kappa shape index (κ1) is 15.4. The third-order valence-electron chi connectivity index (χ3n) is 5.08. The molecule has 4 rings (SSSR count). The van der Waals surface area contributed by atoms with Crippen LogP contribution in [0.1, 0.15) is 48.2 Å². The summed E-state index contributed by atoms with van der Waals surface area (Å²) in [5.74, 6) is 1.29. The van der Waals surface area contributed by atoms with Gasteiger partial charge in [0.2, 0.25) is 0 Å². The van der Waals surface area contributed by atoms with E-state index in [1.807, 2.05) is 23.1 Å². The molecule has 2 N–H and O–H groups in total. The first-order valence-corrected chi connectivity index (χ1v) is 8.77. The van der Waals surface area contributed by atoms with Crippen LogP contribution in [0.5, 0.6) is 0 Å². The number of aryl methyl sites for hydroxylation is 1. The number of hydrogen-bond acceptors (Lipinski definition) is 3. The number of amides is 2. The quantitative estimate of drug-likeness (QED) is 0.878. The maximum atomic E-state index is 12.6. The van der Waals surface area contributed by atoms with Gasteiger partial charge in [-0.05, 0) is 48.9 Å². The highest BCUT2D eigenvalue weighted by Crippen LogP contribution is 2.33. The van der Waals surface area contributed by atoms with Crippen molar-refractivity contribution in [1.82, 2.24) is 25.4 Å². The minimum Gasteiger partial charge on any atom is -0.331 e. The summed E-state index contributed by atoms with van der Waals surface area (Å²) < 4.78 is 0. The predicted molar refractivity (Wildman–Crippen MR) is 91.0 cm³/mol. The fourth-order valence-electron chi connectivity index (χ4n) is 3.74. The Kier molecular flexibility index (Phi) is 4.14. The van der Waals surface area contributed by atoms with Crippen molar-refractivity contribution in [3.8, 4) is 0 Å². The molecule has 126 valence electrons. The average molecular weight is 346 g/mol. The van der Waals surface area contributed by atoms with Crippen LogP contribution in [-0.4, -0.2) is 39.2 Å². The largest absolute Gasteiger partial charge is 0.331 e. The predicted octanol–water partition coefficient (Wildman–Crippen LogP) is 3.03. The van der Waals surface area contributed by atoms with Crippen molar-refractivity contribution >= 4 is 17.6 Å². The molecular weight excluding hydrogens is 326 g/mol. The van der Waals surface area contributed by atoms with Crippen molar-refractivity contribution in [1.29, 1.82) is 0 Å². The first-order valence-electron chi connectivity index (χ1n) is 8.40. The van der Waals surface area contributed by atoms with Crippen molar-refractivity contribution in [3.05, 3.63) is 46.5 Å². The molecule has 2 amide bonds. The zero-order valence-electron chi connectivity index (χ0n) is 13.3. The van der Waals surface area contributed by atoms with Gasteiger partial charge in [0.15, 0.2) is 0 Å². The van der Waals surface area contributed by atoms with Crippen molar-refractivity contribution < 1.29 is 4.79 Å². The number of benzene rings is 1. The number of H-pyrrole nitrogens is 1. The van der Waals surface area contributed by atoms with E-state index in [0.717, 1.165) is 49.6 Å². The molecule has 0 saturated carbocycles. The Bertz CT molecular complexity index is 725. The van der Waals surface area contributed by atoms with Gasteiger partial charge in [0.05, 0.1) is 6.04 Å². The molecule has 1 saturated heterocycles. The Labute approximate surface area is 145 Å². The molecule has 1 atom stereocenters. The van der Waals surface area contributed by atoms with Gasteiger partial charge in [0.25, 0.3) is 0 Å². The van der Waals surface area contributed by atoms with Crippen LogP contribution in [0.3, 0.4) is 0 Å². The number of halogens is 1. The number of rotatable bonds is 2. The summed E-state index contributed by atoms with van der Waals surface area (Å²) in [4.78, 5) is 18.7. The van der Waals surface area contributed by atoms with Crippen LogP contribution in [0, 0.1) is 0 Å². The summed E-state index contributed by atoms with van der Waals surface area (Å²) >= 11 is 6.05. The second-order valence-corrected chi connectivity index (χ2v) is 6.95. The summed E-state index contributed by atoms with van der Waals surface area (Å²) in [6, 6.07) is 6.06. The number of nitrogens with one attached hydrogen (secondary N) is 2. The third kappa shape index (κ3) is 2.98. The van der Waals surface area contributed by atoms with Crippen LogP contribution in [-0.2, 0) is 6.42 Å². The van der Waals surface area contributed by atoms with Crippen molar-refractivity contribution in [3.63, 3.8) is 0 Å². The number of nitrogens with zero attached hydrogens (tertiary/aromatic N) is 3. The van der Waals surface area contributed by atoms with Crippen LogP contribution in [0.15, 0.2) is 24.5 Å². The lowest BCUT2D eigenvalue weighted by molar-refractivity contribution is 0.176. The number of piperidine rings is 1. The van der Waals surface area contributed by atoms with Crippen LogP contribution >= 0.6 is 11.6 Å². The molecule has 7 heteroatoms. The molecule has 24 heavy (non-hydrogen) atoms. The van der Waals surface area contributed by atoms with Gasteiger partial charge in [-0.3, -0.25) is 5.10 Å². The van der Waals surface area contributed by atoms with Crippen molar-refractivity contribution in [2.45, 2.75) is 37.6 Å². The van der Waals surface area contributed by atoms with E-state index in [4.69, 9.17) is 11.6 Å². The van der Waals surface area contributed by atoms with Gasteiger partial charge in [0.1, 0.15) is 12.2 Å². The SMILES string of the molecule is O=C(NC1CCc2cc(Cl)ccc21)N1CCC(c2ncn[nH]2)CC1. The van der Waals surface area contributed by atoms with Gasteiger partial charge < -0.3 is 10.2 Å². The van der Waals surface area contributed by atoms with E-state index in [-0.39, 0.29) is 12.1 Å². The van der Waals surface area contributed by atoms with E-state index in [9.17, 15) is 4.79 Å². The fraction of sp³-hybridized carbons (Fsp3) is 0.471. The first-order chi connectivity index (χ1) is 11.7. The molecule has 1 unspecified atom stereocenters. The monoisotopic (exact) mass is 345 g/mol. The fourth-order valence-corrected chi connectivity index (χ4v) is 3.94. The van der Waals surface area contributed by atoms with Gasteiger partial charge in [-0.25, -0.2) is 9.78 Å². The third-order valence-corrected chi connectivity index (χ3v) is 5.32. The van der Waals surface area contributed by atoms with Crippen molar-refractivity contribution in [2.24, 2.45) is 0 Å². The second kappa shape index (κ2) is 6.43. The molecule has 1 aromatic carbocycles. The number of fused-ring (bicyclic) bond motifs is 1. The van der Waals surface area contributed by atoms with Crippen LogP contribution in [0.4, 0.5) is 4.79 Å². The molecule has 2 heterocycles. The molecular formula is C17H20ClN5O. The Morgan fingerprint density at radius 1 is 1.29 bits per heavy atom. The minimum atomic E-state index is 0.0267. The number of likely N-dealkylation sites (tertiary alicyclic amines) is 1. The molecule has 1 fully saturated rings. The summed E-state index contributed by atoms with van der Waals surface area (Å²) in [6.45, 7) is 1.49. The molecule has 1 aliphatic carbocycles. The number of urea groups is 1. The Morgan fingerprint density at radius 3 is 2.88 bits per heavy atom. The van der Waals surface area contributed by atoms with Gasteiger partial charge >= 0.3 is 6.03 Å². The minimum absolute atomic E-state index is 0.0267. The highest BCUT2D eigenvalue weighted by Gasteiger charge is 2.29. The lowest BCUT2D eigenvalue weighted by Gasteiger charge is -2.32. The average Bonchev–Trinajstić information content (AvgIpc) is 3.25. The van der Waals surface area contributed by atoms with Gasteiger partial charge in [-0.1, -0.05) is 17.7 Å². The number of carbonyl (C=O) groups is 1. The molecule has 0 radical (unpaired) electrons. The van der Waals surface area contributed by atoms with Crippen molar-refractivity contribution in [2.75, 3.05) is 13.1 Å². The Morgan fingerprint density at radius 2 is 2.12 bits per heavy atom. The number of hydrogen-bond donors (Lipinski definition) is 2. The number of carbonyl (C=O) groups excluding carboxylic acids is 1. The summed E-state index contributed by atoms with van der Waals surface area (Å²) in [6.07, 6.45) is 5.28. The zero-order chi connectivity index (χ0) is 16.5.